The summed E-state index contributed by atoms with van der Waals surface area (Å²) >= 11 is 0. The first-order chi connectivity index (χ1) is 7.76. The van der Waals surface area contributed by atoms with Gasteiger partial charge in [-0.05, 0) is 41.9 Å². The average Bonchev–Trinajstić information content (AvgIpc) is 2.72. The standard InChI is InChI=1S/C15H30.C2H6/c1-12(2)14(3,4)11-15(5,6)13-9-7-8-10-13;1-2/h12-13H,7-11H2,1-6H3;1-2H3. The fourth-order valence-corrected chi connectivity index (χ4v) is 3.23. The Kier molecular flexibility index (Phi) is 6.81. The average molecular weight is 240 g/mol. The summed E-state index contributed by atoms with van der Waals surface area (Å²) in [4.78, 5) is 0. The van der Waals surface area contributed by atoms with Crippen molar-refractivity contribution in [3.05, 3.63) is 0 Å². The van der Waals surface area contributed by atoms with Gasteiger partial charge in [0.1, 0.15) is 0 Å². The van der Waals surface area contributed by atoms with Crippen molar-refractivity contribution >= 4 is 0 Å². The molecule has 0 N–H and O–H groups in total. The normalized spacial score (nSPS) is 18.2. The fraction of sp³-hybridized carbons (Fsp3) is 1.00. The van der Waals surface area contributed by atoms with Crippen LogP contribution in [0.3, 0.4) is 0 Å². The third-order valence-corrected chi connectivity index (χ3v) is 4.93. The lowest BCUT2D eigenvalue weighted by Crippen LogP contribution is -2.32. The minimum Gasteiger partial charge on any atom is -0.0683 e. The van der Waals surface area contributed by atoms with E-state index < -0.39 is 0 Å². The molecule has 0 nitrogen and oxygen atoms in total. The van der Waals surface area contributed by atoms with Crippen LogP contribution in [0.2, 0.25) is 0 Å². The van der Waals surface area contributed by atoms with Gasteiger partial charge in [0.2, 0.25) is 0 Å². The van der Waals surface area contributed by atoms with Gasteiger partial charge in [0.25, 0.3) is 0 Å². The molecule has 0 heterocycles. The Bertz CT molecular complexity index is 192. The molecule has 0 spiro atoms. The summed E-state index contributed by atoms with van der Waals surface area (Å²) in [5.74, 6) is 1.77. The van der Waals surface area contributed by atoms with Crippen LogP contribution in [0.4, 0.5) is 0 Å². The van der Waals surface area contributed by atoms with Crippen LogP contribution in [0.5, 0.6) is 0 Å². The van der Waals surface area contributed by atoms with Gasteiger partial charge in [0.15, 0.2) is 0 Å². The molecule has 0 heteroatoms. The summed E-state index contributed by atoms with van der Waals surface area (Å²) in [6.45, 7) is 18.6. The van der Waals surface area contributed by atoms with Crippen LogP contribution >= 0.6 is 0 Å². The summed E-state index contributed by atoms with van der Waals surface area (Å²) in [5.41, 5.74) is 1.04. The Labute approximate surface area is 111 Å². The second-order valence-electron chi connectivity index (χ2n) is 7.29. The third kappa shape index (κ3) is 5.02. The van der Waals surface area contributed by atoms with E-state index in [4.69, 9.17) is 0 Å². The Hall–Kier alpha value is 0. The molecule has 0 unspecified atom stereocenters. The zero-order valence-electron chi connectivity index (χ0n) is 13.7. The van der Waals surface area contributed by atoms with E-state index in [0.717, 1.165) is 11.8 Å². The molecule has 0 aromatic rings. The fourth-order valence-electron chi connectivity index (χ4n) is 3.23. The quantitative estimate of drug-likeness (QED) is 0.541. The van der Waals surface area contributed by atoms with Crippen molar-refractivity contribution in [2.45, 2.75) is 87.5 Å². The lowest BCUT2D eigenvalue weighted by atomic mass is 9.64. The number of hydrogen-bond acceptors (Lipinski definition) is 0. The number of hydrogen-bond donors (Lipinski definition) is 0. The topological polar surface area (TPSA) is 0 Å². The number of rotatable bonds is 4. The van der Waals surface area contributed by atoms with E-state index in [0.29, 0.717) is 10.8 Å². The van der Waals surface area contributed by atoms with Gasteiger partial charge in [0.05, 0.1) is 0 Å². The zero-order valence-corrected chi connectivity index (χ0v) is 13.7. The van der Waals surface area contributed by atoms with Gasteiger partial charge in [-0.2, -0.15) is 0 Å². The molecule has 0 amide bonds. The Morgan fingerprint density at radius 2 is 1.35 bits per heavy atom. The van der Waals surface area contributed by atoms with Crippen molar-refractivity contribution in [3.63, 3.8) is 0 Å². The molecule has 1 rings (SSSR count). The molecule has 1 aliphatic rings. The molecule has 0 radical (unpaired) electrons. The van der Waals surface area contributed by atoms with Crippen molar-refractivity contribution in [2.75, 3.05) is 0 Å². The van der Waals surface area contributed by atoms with Crippen LogP contribution in [0, 0.1) is 22.7 Å². The molecule has 0 saturated heterocycles. The van der Waals surface area contributed by atoms with Gasteiger partial charge in [-0.3, -0.25) is 0 Å². The van der Waals surface area contributed by atoms with Crippen molar-refractivity contribution in [1.82, 2.24) is 0 Å². The summed E-state index contributed by atoms with van der Waals surface area (Å²) in [6, 6.07) is 0. The molecule has 104 valence electrons. The van der Waals surface area contributed by atoms with E-state index in [2.05, 4.69) is 41.5 Å². The molecular formula is C17H36. The molecule has 0 atom stereocenters. The molecule has 0 aliphatic heterocycles. The SMILES string of the molecule is CC.CC(C)C(C)(C)CC(C)(C)C1CCCC1. The van der Waals surface area contributed by atoms with Gasteiger partial charge in [-0.25, -0.2) is 0 Å². The molecule has 0 aromatic heterocycles. The third-order valence-electron chi connectivity index (χ3n) is 4.93. The first-order valence-electron chi connectivity index (χ1n) is 7.76. The molecule has 17 heavy (non-hydrogen) atoms. The predicted molar refractivity (Wildman–Crippen MR) is 80.3 cm³/mol. The van der Waals surface area contributed by atoms with E-state index >= 15 is 0 Å². The first kappa shape index (κ1) is 17.0. The Morgan fingerprint density at radius 1 is 0.941 bits per heavy atom. The van der Waals surface area contributed by atoms with Crippen molar-refractivity contribution in [1.29, 1.82) is 0 Å². The maximum Gasteiger partial charge on any atom is -0.0321 e. The maximum atomic E-state index is 2.49. The van der Waals surface area contributed by atoms with Crippen LogP contribution in [0.15, 0.2) is 0 Å². The highest BCUT2D eigenvalue weighted by molar-refractivity contribution is 4.88. The van der Waals surface area contributed by atoms with Gasteiger partial charge in [-0.15, -0.1) is 0 Å². The van der Waals surface area contributed by atoms with E-state index in [1.54, 1.807) is 0 Å². The van der Waals surface area contributed by atoms with Gasteiger partial charge in [0, 0.05) is 0 Å². The monoisotopic (exact) mass is 240 g/mol. The van der Waals surface area contributed by atoms with Crippen LogP contribution in [0.25, 0.3) is 0 Å². The lowest BCUT2D eigenvalue weighted by molar-refractivity contribution is 0.0902. The largest absolute Gasteiger partial charge is 0.0683 e. The molecular weight excluding hydrogens is 204 g/mol. The molecule has 1 aliphatic carbocycles. The molecule has 0 aromatic carbocycles. The summed E-state index contributed by atoms with van der Waals surface area (Å²) in [6.07, 6.45) is 7.26. The predicted octanol–water partition coefficient (Wildman–Crippen LogP) is 6.30. The van der Waals surface area contributed by atoms with Crippen LogP contribution < -0.4 is 0 Å². The Balaban J connectivity index is 0.00000121. The van der Waals surface area contributed by atoms with E-state index in [1.807, 2.05) is 13.8 Å². The zero-order chi connectivity index (χ0) is 13.7. The van der Waals surface area contributed by atoms with Gasteiger partial charge < -0.3 is 0 Å². The maximum absolute atomic E-state index is 2.49. The van der Waals surface area contributed by atoms with E-state index in [1.165, 1.54) is 32.1 Å². The lowest BCUT2D eigenvalue weighted by Gasteiger charge is -2.41. The Morgan fingerprint density at radius 3 is 1.71 bits per heavy atom. The van der Waals surface area contributed by atoms with Gasteiger partial charge >= 0.3 is 0 Å². The van der Waals surface area contributed by atoms with Crippen LogP contribution in [-0.2, 0) is 0 Å². The molecule has 1 fully saturated rings. The summed E-state index contributed by atoms with van der Waals surface area (Å²) < 4.78 is 0. The van der Waals surface area contributed by atoms with Crippen LogP contribution in [0.1, 0.15) is 87.5 Å². The van der Waals surface area contributed by atoms with Crippen LogP contribution in [-0.4, -0.2) is 0 Å². The smallest absolute Gasteiger partial charge is 0.0321 e. The van der Waals surface area contributed by atoms with Crippen molar-refractivity contribution in [3.8, 4) is 0 Å². The summed E-state index contributed by atoms with van der Waals surface area (Å²) in [7, 11) is 0. The highest BCUT2D eigenvalue weighted by atomic mass is 14.4. The minimum absolute atomic E-state index is 0.492. The van der Waals surface area contributed by atoms with E-state index in [9.17, 15) is 0 Å². The second-order valence-corrected chi connectivity index (χ2v) is 7.29. The van der Waals surface area contributed by atoms with E-state index in [-0.39, 0.29) is 0 Å². The second kappa shape index (κ2) is 6.81. The van der Waals surface area contributed by atoms with Crippen molar-refractivity contribution in [2.24, 2.45) is 22.7 Å². The molecule has 1 saturated carbocycles. The minimum atomic E-state index is 0.492. The molecule has 0 bridgehead atoms. The van der Waals surface area contributed by atoms with Crippen molar-refractivity contribution < 1.29 is 0 Å². The highest BCUT2D eigenvalue weighted by Crippen LogP contribution is 2.48. The van der Waals surface area contributed by atoms with Gasteiger partial charge in [-0.1, -0.05) is 68.2 Å². The summed E-state index contributed by atoms with van der Waals surface area (Å²) in [5, 5.41) is 0. The highest BCUT2D eigenvalue weighted by Gasteiger charge is 2.37. The first-order valence-corrected chi connectivity index (χ1v) is 7.76.